The van der Waals surface area contributed by atoms with Crippen LogP contribution in [0.15, 0.2) is 24.5 Å². The monoisotopic (exact) mass is 474 g/mol. The van der Waals surface area contributed by atoms with Crippen LogP contribution < -0.4 is 21.7 Å². The summed E-state index contributed by atoms with van der Waals surface area (Å²) in [6.45, 7) is 1.17. The van der Waals surface area contributed by atoms with E-state index in [0.29, 0.717) is 38.9 Å². The number of hydrogen-bond acceptors (Lipinski definition) is 6. The van der Waals surface area contributed by atoms with Gasteiger partial charge in [0.25, 0.3) is 0 Å². The molecule has 2 heterocycles. The second kappa shape index (κ2) is 13.9. The standard InChI is InChI=1S/C23H34N6O5/c1-29-21(33)14-17(22(29)16-6-3-10-25-15-16)23(34)28-13-5-12-27-20(32)9-4-11-26-19(31)8-2-7-18(24)30/h3,6,10,15,17,22H,2,4-5,7-9,11-14H2,1H3,(H2,24,30)(H,26,31)(H,27,32)(H,28,34)/t17-,22+/m0/s1. The summed E-state index contributed by atoms with van der Waals surface area (Å²) in [4.78, 5) is 64.7. The molecule has 0 saturated carbocycles. The zero-order chi connectivity index (χ0) is 24.9. The predicted molar refractivity (Wildman–Crippen MR) is 124 cm³/mol. The van der Waals surface area contributed by atoms with Gasteiger partial charge in [-0.25, -0.2) is 0 Å². The van der Waals surface area contributed by atoms with Crippen molar-refractivity contribution < 1.29 is 24.0 Å². The molecular weight excluding hydrogens is 440 g/mol. The third-order valence-electron chi connectivity index (χ3n) is 5.65. The lowest BCUT2D eigenvalue weighted by molar-refractivity contribution is -0.128. The number of likely N-dealkylation sites (tertiary alicyclic amines) is 1. The number of hydrogen-bond donors (Lipinski definition) is 4. The number of nitrogens with zero attached hydrogens (tertiary/aromatic N) is 2. The van der Waals surface area contributed by atoms with E-state index in [-0.39, 0.29) is 55.4 Å². The van der Waals surface area contributed by atoms with Crippen molar-refractivity contribution in [1.82, 2.24) is 25.8 Å². The Morgan fingerprint density at radius 1 is 1.00 bits per heavy atom. The molecule has 0 unspecified atom stereocenters. The summed E-state index contributed by atoms with van der Waals surface area (Å²) in [6, 6.07) is 3.30. The fourth-order valence-corrected chi connectivity index (χ4v) is 3.85. The van der Waals surface area contributed by atoms with Gasteiger partial charge in [-0.15, -0.1) is 0 Å². The van der Waals surface area contributed by atoms with E-state index in [4.69, 9.17) is 5.73 Å². The average molecular weight is 475 g/mol. The second-order valence-electron chi connectivity index (χ2n) is 8.31. The molecule has 0 aliphatic carbocycles. The number of nitrogens with two attached hydrogens (primary N) is 1. The highest BCUT2D eigenvalue weighted by Gasteiger charge is 2.42. The molecule has 1 saturated heterocycles. The van der Waals surface area contributed by atoms with Crippen molar-refractivity contribution in [2.24, 2.45) is 11.7 Å². The van der Waals surface area contributed by atoms with Crippen LogP contribution in [-0.2, 0) is 24.0 Å². The number of aromatic nitrogens is 1. The number of carbonyl (C=O) groups excluding carboxylic acids is 5. The highest BCUT2D eigenvalue weighted by atomic mass is 16.2. The maximum Gasteiger partial charge on any atom is 0.226 e. The normalized spacial score (nSPS) is 17.3. The summed E-state index contributed by atoms with van der Waals surface area (Å²) < 4.78 is 0. The highest BCUT2D eigenvalue weighted by molar-refractivity contribution is 5.90. The summed E-state index contributed by atoms with van der Waals surface area (Å²) in [5, 5.41) is 8.35. The molecule has 11 heteroatoms. The molecule has 0 aromatic carbocycles. The van der Waals surface area contributed by atoms with Gasteiger partial charge in [-0.05, 0) is 30.9 Å². The number of pyridine rings is 1. The van der Waals surface area contributed by atoms with Crippen LogP contribution in [0.2, 0.25) is 0 Å². The van der Waals surface area contributed by atoms with Crippen LogP contribution in [0.5, 0.6) is 0 Å². The van der Waals surface area contributed by atoms with Crippen molar-refractivity contribution in [2.45, 2.75) is 51.0 Å². The van der Waals surface area contributed by atoms with Crippen molar-refractivity contribution in [1.29, 1.82) is 0 Å². The zero-order valence-electron chi connectivity index (χ0n) is 19.5. The summed E-state index contributed by atoms with van der Waals surface area (Å²) >= 11 is 0. The van der Waals surface area contributed by atoms with Crippen LogP contribution in [0.1, 0.15) is 56.6 Å². The maximum absolute atomic E-state index is 12.7. The Morgan fingerprint density at radius 2 is 1.65 bits per heavy atom. The molecular formula is C23H34N6O5. The van der Waals surface area contributed by atoms with Crippen molar-refractivity contribution in [3.63, 3.8) is 0 Å². The molecule has 11 nitrogen and oxygen atoms in total. The number of carbonyl (C=O) groups is 5. The van der Waals surface area contributed by atoms with E-state index in [1.54, 1.807) is 30.4 Å². The van der Waals surface area contributed by atoms with E-state index in [0.717, 1.165) is 5.56 Å². The highest BCUT2D eigenvalue weighted by Crippen LogP contribution is 2.36. The van der Waals surface area contributed by atoms with E-state index in [1.165, 1.54) is 0 Å². The molecule has 186 valence electrons. The second-order valence-corrected chi connectivity index (χ2v) is 8.31. The van der Waals surface area contributed by atoms with Gasteiger partial charge < -0.3 is 26.6 Å². The van der Waals surface area contributed by atoms with Gasteiger partial charge in [-0.1, -0.05) is 6.07 Å². The molecule has 0 radical (unpaired) electrons. The molecule has 1 aliphatic heterocycles. The van der Waals surface area contributed by atoms with Gasteiger partial charge in [0.1, 0.15) is 0 Å². The summed E-state index contributed by atoms with van der Waals surface area (Å²) in [6.07, 6.45) is 5.63. The fourth-order valence-electron chi connectivity index (χ4n) is 3.85. The number of amides is 5. The average Bonchev–Trinajstić information content (AvgIpc) is 3.11. The van der Waals surface area contributed by atoms with Gasteiger partial charge in [-0.3, -0.25) is 29.0 Å². The maximum atomic E-state index is 12.7. The molecule has 0 spiro atoms. The Hall–Kier alpha value is -3.50. The lowest BCUT2D eigenvalue weighted by atomic mass is 9.94. The summed E-state index contributed by atoms with van der Waals surface area (Å²) in [5.74, 6) is -1.48. The minimum Gasteiger partial charge on any atom is -0.370 e. The largest absolute Gasteiger partial charge is 0.370 e. The minimum absolute atomic E-state index is 0.0804. The number of rotatable bonds is 14. The van der Waals surface area contributed by atoms with E-state index in [2.05, 4.69) is 20.9 Å². The molecule has 1 aliphatic rings. The van der Waals surface area contributed by atoms with Crippen LogP contribution in [-0.4, -0.2) is 66.1 Å². The van der Waals surface area contributed by atoms with Crippen molar-refractivity contribution in [3.05, 3.63) is 30.1 Å². The lowest BCUT2D eigenvalue weighted by Gasteiger charge is -2.24. The zero-order valence-corrected chi connectivity index (χ0v) is 19.5. The van der Waals surface area contributed by atoms with Crippen molar-refractivity contribution in [2.75, 3.05) is 26.7 Å². The fraction of sp³-hybridized carbons (Fsp3) is 0.565. The summed E-state index contributed by atoms with van der Waals surface area (Å²) in [5.41, 5.74) is 5.85. The SMILES string of the molecule is CN1C(=O)C[C@H](C(=O)NCCCNC(=O)CCCNC(=O)CCCC(N)=O)[C@H]1c1cccnc1. The van der Waals surface area contributed by atoms with Crippen LogP contribution in [0, 0.1) is 5.92 Å². The van der Waals surface area contributed by atoms with E-state index < -0.39 is 11.8 Å². The smallest absolute Gasteiger partial charge is 0.226 e. The molecule has 0 bridgehead atoms. The van der Waals surface area contributed by atoms with Gasteiger partial charge >= 0.3 is 0 Å². The van der Waals surface area contributed by atoms with Crippen LogP contribution in [0.3, 0.4) is 0 Å². The van der Waals surface area contributed by atoms with Crippen LogP contribution in [0.4, 0.5) is 0 Å². The molecule has 1 fully saturated rings. The molecule has 34 heavy (non-hydrogen) atoms. The molecule has 1 aromatic heterocycles. The Bertz CT molecular complexity index is 863. The Morgan fingerprint density at radius 3 is 2.29 bits per heavy atom. The topological polar surface area (TPSA) is 164 Å². The molecule has 2 rings (SSSR count). The predicted octanol–water partition coefficient (Wildman–Crippen LogP) is -0.224. The third kappa shape index (κ3) is 8.80. The van der Waals surface area contributed by atoms with Crippen molar-refractivity contribution >= 4 is 29.5 Å². The minimum atomic E-state index is -0.484. The Labute approximate surface area is 199 Å². The van der Waals surface area contributed by atoms with E-state index >= 15 is 0 Å². The van der Waals surface area contributed by atoms with E-state index in [9.17, 15) is 24.0 Å². The first-order valence-electron chi connectivity index (χ1n) is 11.5. The third-order valence-corrected chi connectivity index (χ3v) is 5.65. The first-order valence-corrected chi connectivity index (χ1v) is 11.5. The Kier molecular flexibility index (Phi) is 10.9. The van der Waals surface area contributed by atoms with Gasteiger partial charge in [0.05, 0.1) is 12.0 Å². The van der Waals surface area contributed by atoms with Crippen molar-refractivity contribution in [3.8, 4) is 0 Å². The van der Waals surface area contributed by atoms with Crippen LogP contribution in [0.25, 0.3) is 0 Å². The first-order chi connectivity index (χ1) is 16.3. The number of nitrogens with one attached hydrogen (secondary N) is 3. The van der Waals surface area contributed by atoms with Gasteiger partial charge in [0.2, 0.25) is 29.5 Å². The lowest BCUT2D eigenvalue weighted by Crippen LogP contribution is -2.36. The number of primary amides is 1. The van der Waals surface area contributed by atoms with Gasteiger partial charge in [0.15, 0.2) is 0 Å². The quantitative estimate of drug-likeness (QED) is 0.272. The van der Waals surface area contributed by atoms with Gasteiger partial charge in [-0.2, -0.15) is 0 Å². The van der Waals surface area contributed by atoms with Crippen LogP contribution >= 0.6 is 0 Å². The molecule has 2 atom stereocenters. The Balaban J connectivity index is 1.58. The molecule has 5 N–H and O–H groups in total. The summed E-state index contributed by atoms with van der Waals surface area (Å²) in [7, 11) is 1.69. The van der Waals surface area contributed by atoms with E-state index in [1.807, 2.05) is 6.07 Å². The molecule has 1 aromatic rings. The van der Waals surface area contributed by atoms with Gasteiger partial charge in [0, 0.05) is 64.8 Å². The first kappa shape index (κ1) is 26.7. The molecule has 5 amide bonds.